The fourth-order valence-corrected chi connectivity index (χ4v) is 3.60. The second kappa shape index (κ2) is 8.29. The van der Waals surface area contributed by atoms with Crippen LogP contribution in [0.1, 0.15) is 0 Å². The van der Waals surface area contributed by atoms with E-state index in [2.05, 4.69) is 20.3 Å². The number of methoxy groups -OCH3 is 2. The van der Waals surface area contributed by atoms with Gasteiger partial charge in [0, 0.05) is 30.1 Å². The minimum atomic E-state index is -4.05. The van der Waals surface area contributed by atoms with E-state index in [1.807, 2.05) is 6.07 Å². The number of ether oxygens (including phenoxy) is 2. The second-order valence-corrected chi connectivity index (χ2v) is 8.32. The first kappa shape index (κ1) is 21.3. The first-order valence-corrected chi connectivity index (χ1v) is 10.9. The van der Waals surface area contributed by atoms with Gasteiger partial charge in [-0.15, -0.1) is 0 Å². The molecule has 0 spiro atoms. The van der Waals surface area contributed by atoms with E-state index < -0.39 is 15.6 Å². The maximum Gasteiger partial charge on any atom is 0.257 e. The number of anilines is 2. The Kier molecular flexibility index (Phi) is 5.51. The number of nitrogens with two attached hydrogens (primary N) is 1. The number of hydrogen-bond donors (Lipinski definition) is 3. The van der Waals surface area contributed by atoms with Crippen LogP contribution in [-0.4, -0.2) is 37.6 Å². The minimum Gasteiger partial charge on any atom is -0.497 e. The highest BCUT2D eigenvalue weighted by atomic mass is 32.2. The molecule has 0 fully saturated rings. The Morgan fingerprint density at radius 3 is 2.19 bits per heavy atom. The van der Waals surface area contributed by atoms with Crippen molar-refractivity contribution in [3.8, 4) is 22.8 Å². The number of hydrogen-bond acceptors (Lipinski definition) is 8. The van der Waals surface area contributed by atoms with E-state index in [9.17, 15) is 13.2 Å². The summed E-state index contributed by atoms with van der Waals surface area (Å²) in [5, 5.41) is 8.37. The van der Waals surface area contributed by atoms with Crippen molar-refractivity contribution in [2.45, 2.75) is 4.90 Å². The molecule has 0 atom stereocenters. The molecule has 2 heterocycles. The van der Waals surface area contributed by atoms with Crippen LogP contribution in [0.5, 0.6) is 11.5 Å². The summed E-state index contributed by atoms with van der Waals surface area (Å²) >= 11 is 0. The topological polar surface area (TPSA) is 149 Å². The summed E-state index contributed by atoms with van der Waals surface area (Å²) in [7, 11) is -1.00. The second-order valence-electron chi connectivity index (χ2n) is 6.76. The van der Waals surface area contributed by atoms with Gasteiger partial charge < -0.3 is 19.8 Å². The van der Waals surface area contributed by atoms with Gasteiger partial charge >= 0.3 is 0 Å². The number of primary sulfonamides is 1. The summed E-state index contributed by atoms with van der Waals surface area (Å²) in [6.45, 7) is 0. The number of H-pyrrole nitrogens is 1. The van der Waals surface area contributed by atoms with Crippen molar-refractivity contribution >= 4 is 32.6 Å². The van der Waals surface area contributed by atoms with Crippen molar-refractivity contribution in [2.24, 2.45) is 5.14 Å². The van der Waals surface area contributed by atoms with Crippen LogP contribution in [0.4, 0.5) is 11.5 Å². The number of aromatic nitrogens is 3. The van der Waals surface area contributed by atoms with Crippen molar-refractivity contribution in [2.75, 3.05) is 19.5 Å². The molecule has 11 heteroatoms. The summed E-state index contributed by atoms with van der Waals surface area (Å²) in [6.07, 6.45) is 1.04. The lowest BCUT2D eigenvalue weighted by molar-refractivity contribution is 0.395. The highest BCUT2D eigenvalue weighted by Gasteiger charge is 2.18. The maximum atomic E-state index is 12.6. The van der Waals surface area contributed by atoms with Gasteiger partial charge in [-0.2, -0.15) is 0 Å². The van der Waals surface area contributed by atoms with Crippen molar-refractivity contribution in [3.05, 3.63) is 65.1 Å². The zero-order valence-corrected chi connectivity index (χ0v) is 17.9. The number of para-hydroxylation sites is 2. The molecular formula is C21H19N5O5S. The number of benzene rings is 2. The molecule has 4 N–H and O–H groups in total. The molecule has 0 aliphatic heterocycles. The Hall–Kier alpha value is -3.96. The van der Waals surface area contributed by atoms with E-state index in [1.165, 1.54) is 20.3 Å². The third-order valence-electron chi connectivity index (χ3n) is 4.65. The summed E-state index contributed by atoms with van der Waals surface area (Å²) < 4.78 is 34.3. The molecule has 2 aromatic heterocycles. The number of pyridine rings is 1. The van der Waals surface area contributed by atoms with E-state index in [1.54, 1.807) is 36.4 Å². The number of rotatable bonds is 6. The average Bonchev–Trinajstić information content (AvgIpc) is 2.78. The Morgan fingerprint density at radius 1 is 0.969 bits per heavy atom. The fourth-order valence-electron chi connectivity index (χ4n) is 3.10. The smallest absolute Gasteiger partial charge is 0.257 e. The number of sulfonamides is 1. The van der Waals surface area contributed by atoms with Gasteiger partial charge in [0.15, 0.2) is 5.82 Å². The van der Waals surface area contributed by atoms with Gasteiger partial charge in [-0.3, -0.25) is 4.79 Å². The Bertz CT molecular complexity index is 1460. The molecule has 4 rings (SSSR count). The molecule has 164 valence electrons. The molecule has 0 saturated carbocycles. The molecule has 32 heavy (non-hydrogen) atoms. The van der Waals surface area contributed by atoms with Crippen LogP contribution in [0.15, 0.2) is 64.4 Å². The third kappa shape index (κ3) is 4.24. The van der Waals surface area contributed by atoms with E-state index in [0.717, 1.165) is 6.20 Å². The monoisotopic (exact) mass is 453 g/mol. The minimum absolute atomic E-state index is 0.00728. The number of nitrogens with zero attached hydrogens (tertiary/aromatic N) is 2. The van der Waals surface area contributed by atoms with Crippen LogP contribution in [0.2, 0.25) is 0 Å². The Balaban J connectivity index is 1.94. The highest BCUT2D eigenvalue weighted by molar-refractivity contribution is 7.89. The first-order chi connectivity index (χ1) is 15.3. The maximum absolute atomic E-state index is 12.6. The Labute approximate surface area is 183 Å². The van der Waals surface area contributed by atoms with E-state index in [-0.39, 0.29) is 22.0 Å². The largest absolute Gasteiger partial charge is 0.497 e. The van der Waals surface area contributed by atoms with Crippen LogP contribution in [-0.2, 0) is 10.0 Å². The summed E-state index contributed by atoms with van der Waals surface area (Å²) in [4.78, 5) is 23.9. The lowest BCUT2D eigenvalue weighted by Crippen LogP contribution is -2.17. The van der Waals surface area contributed by atoms with Gasteiger partial charge in [-0.25, -0.2) is 23.5 Å². The van der Waals surface area contributed by atoms with Gasteiger partial charge in [0.25, 0.3) is 5.56 Å². The third-order valence-corrected chi connectivity index (χ3v) is 5.54. The van der Waals surface area contributed by atoms with Crippen LogP contribution >= 0.6 is 0 Å². The molecule has 0 radical (unpaired) electrons. The van der Waals surface area contributed by atoms with Gasteiger partial charge in [0.2, 0.25) is 10.0 Å². The zero-order valence-electron chi connectivity index (χ0n) is 17.1. The van der Waals surface area contributed by atoms with E-state index in [0.29, 0.717) is 28.2 Å². The Morgan fingerprint density at radius 2 is 1.59 bits per heavy atom. The molecule has 4 aromatic rings. The molecule has 0 unspecified atom stereocenters. The molecule has 10 nitrogen and oxygen atoms in total. The summed E-state index contributed by atoms with van der Waals surface area (Å²) in [5.41, 5.74) is 1.26. The van der Waals surface area contributed by atoms with Gasteiger partial charge in [-0.05, 0) is 18.2 Å². The number of nitrogens with one attached hydrogen (secondary N) is 2. The molecular weight excluding hydrogens is 434 g/mol. The zero-order chi connectivity index (χ0) is 22.9. The average molecular weight is 453 g/mol. The van der Waals surface area contributed by atoms with Gasteiger partial charge in [0.1, 0.15) is 17.2 Å². The van der Waals surface area contributed by atoms with Crippen molar-refractivity contribution < 1.29 is 17.9 Å². The molecule has 2 aromatic carbocycles. The van der Waals surface area contributed by atoms with Gasteiger partial charge in [0.05, 0.1) is 35.7 Å². The first-order valence-electron chi connectivity index (χ1n) is 9.31. The molecule has 0 bridgehead atoms. The van der Waals surface area contributed by atoms with Crippen molar-refractivity contribution in [1.82, 2.24) is 15.0 Å². The molecule has 0 aliphatic rings. The summed E-state index contributed by atoms with van der Waals surface area (Å²) in [6, 6.07) is 13.4. The van der Waals surface area contributed by atoms with E-state index in [4.69, 9.17) is 14.6 Å². The standard InChI is InChI=1S/C21H19N5O5S/c1-30-13-7-12(8-14(9-13)31-2)24-20-19(25-17-5-3-4-6-18(17)26-20)16-10-15(32(22,28)29)11-23-21(16)27/h3-11H,1-2H3,(H,23,27)(H,24,26)(H2,22,28,29). The predicted molar refractivity (Wildman–Crippen MR) is 120 cm³/mol. The normalized spacial score (nSPS) is 11.3. The highest BCUT2D eigenvalue weighted by Crippen LogP contribution is 2.32. The van der Waals surface area contributed by atoms with Crippen LogP contribution < -0.4 is 25.5 Å². The molecule has 0 aliphatic carbocycles. The van der Waals surface area contributed by atoms with E-state index >= 15 is 0 Å². The fraction of sp³-hybridized carbons (Fsp3) is 0.0952. The SMILES string of the molecule is COc1cc(Nc2nc3ccccc3nc2-c2cc(S(N)(=O)=O)c[nH]c2=O)cc(OC)c1. The summed E-state index contributed by atoms with van der Waals surface area (Å²) in [5.74, 6) is 1.31. The van der Waals surface area contributed by atoms with Crippen molar-refractivity contribution in [1.29, 1.82) is 0 Å². The lowest BCUT2D eigenvalue weighted by Gasteiger charge is -2.14. The number of fused-ring (bicyclic) bond motifs is 1. The van der Waals surface area contributed by atoms with Crippen LogP contribution in [0.25, 0.3) is 22.3 Å². The van der Waals surface area contributed by atoms with Crippen LogP contribution in [0.3, 0.4) is 0 Å². The quantitative estimate of drug-likeness (QED) is 0.403. The van der Waals surface area contributed by atoms with Gasteiger partial charge in [-0.1, -0.05) is 12.1 Å². The van der Waals surface area contributed by atoms with Crippen LogP contribution in [0, 0.1) is 0 Å². The predicted octanol–water partition coefficient (Wildman–Crippen LogP) is 2.39. The van der Waals surface area contributed by atoms with Crippen molar-refractivity contribution in [3.63, 3.8) is 0 Å². The molecule has 0 amide bonds. The lowest BCUT2D eigenvalue weighted by atomic mass is 10.1. The molecule has 0 saturated heterocycles. The number of aromatic amines is 1.